The van der Waals surface area contributed by atoms with E-state index in [9.17, 15) is 19.2 Å². The van der Waals surface area contributed by atoms with E-state index in [1.165, 1.54) is 21.2 Å². The molecule has 0 spiro atoms. The maximum atomic E-state index is 14.6. The molecule has 15 nitrogen and oxygen atoms in total. The van der Waals surface area contributed by atoms with Crippen LogP contribution in [0.3, 0.4) is 0 Å². The molecule has 334 valence electrons. The Morgan fingerprint density at radius 2 is 1.87 bits per heavy atom. The number of nitrogens with one attached hydrogen (secondary N) is 2. The van der Waals surface area contributed by atoms with Gasteiger partial charge in [0, 0.05) is 79.7 Å². The number of likely N-dealkylation sites (N-methyl/N-ethyl adjacent to an activating group) is 2. The van der Waals surface area contributed by atoms with Crippen LogP contribution >= 0.6 is 11.3 Å². The lowest BCUT2D eigenvalue weighted by atomic mass is 9.84. The van der Waals surface area contributed by atoms with Crippen molar-refractivity contribution in [2.75, 3.05) is 47.6 Å². The summed E-state index contributed by atoms with van der Waals surface area (Å²) in [5.74, 6) is -1.59. The van der Waals surface area contributed by atoms with Gasteiger partial charge in [-0.05, 0) is 75.8 Å². The number of hydrogen-bond donors (Lipinski definition) is 2. The van der Waals surface area contributed by atoms with Crippen LogP contribution in [0.5, 0.6) is 0 Å². The zero-order chi connectivity index (χ0) is 44.7. The van der Waals surface area contributed by atoms with Gasteiger partial charge < -0.3 is 33.9 Å². The zero-order valence-electron chi connectivity index (χ0n) is 37.7. The molecule has 2 fully saturated rings. The summed E-state index contributed by atoms with van der Waals surface area (Å²) in [5.41, 5.74) is 8.87. The summed E-state index contributed by atoms with van der Waals surface area (Å²) < 4.78 is 19.6. The molecule has 3 aliphatic heterocycles. The molecule has 1 aromatic carbocycles. The third-order valence-electron chi connectivity index (χ3n) is 12.7. The molecule has 3 aromatic heterocycles. The number of esters is 1. The molecule has 6 heterocycles. The second kappa shape index (κ2) is 18.1. The number of thiazole rings is 1. The number of hydrogen-bond acceptors (Lipinski definition) is 11. The fourth-order valence-corrected chi connectivity index (χ4v) is 9.77. The first kappa shape index (κ1) is 45.1. The van der Waals surface area contributed by atoms with Gasteiger partial charge in [0.05, 0.1) is 53.6 Å². The third kappa shape index (κ3) is 8.84. The van der Waals surface area contributed by atoms with Crippen molar-refractivity contribution >= 4 is 46.1 Å². The predicted molar refractivity (Wildman–Crippen MR) is 238 cm³/mol. The predicted octanol–water partition coefficient (Wildman–Crippen LogP) is 6.00. The Kier molecular flexibility index (Phi) is 13.2. The Labute approximate surface area is 368 Å². The number of rotatable bonds is 9. The van der Waals surface area contributed by atoms with Gasteiger partial charge in [0.1, 0.15) is 18.1 Å². The van der Waals surface area contributed by atoms with Crippen LogP contribution in [0.4, 0.5) is 4.79 Å². The van der Waals surface area contributed by atoms with Crippen molar-refractivity contribution in [3.8, 4) is 22.5 Å². The lowest BCUT2D eigenvalue weighted by Crippen LogP contribution is -2.65. The smallest absolute Gasteiger partial charge is 0.324 e. The summed E-state index contributed by atoms with van der Waals surface area (Å²) in [6, 6.07) is 7.41. The average molecular weight is 871 g/mol. The Morgan fingerprint density at radius 1 is 1.11 bits per heavy atom. The standard InChI is InChI=1S/C46H62N8O7S/c1-11-53-36-17-16-29-20-31(36)32(40(53)30-14-12-18-47-38(30)28(4)59-10)22-45(5,6)24-61-43(57)33-15-13-19-54(50-33)42(56)34(21-37-48-35(29)23-62-37)49-41(55)39(27(2)3)51(8)44(58)52(9)46(7)25-60-26-46/h12,14,16-18,20,23,27-28,33-34,39,50H,11,13,15,19,21-22,24-26H2,1-10H3,(H,49,55)/t28-,33-,34-,39-/m0/s1. The van der Waals surface area contributed by atoms with Crippen LogP contribution in [0, 0.1) is 11.3 Å². The minimum atomic E-state index is -1.06. The van der Waals surface area contributed by atoms with Crippen molar-refractivity contribution in [1.29, 1.82) is 0 Å². The SMILES string of the molecule is CCn1c(-c2cccnc2[C@H](C)OC)c2c3cc(ccc31)-c1csc(n1)C[C@H](NC(=O)[C@H](C(C)C)N(C)C(=O)N(C)C1(C)COC1)C(=O)N1CCC[C@H](N1)C(=O)OCC(C)(C)C2. The van der Waals surface area contributed by atoms with Gasteiger partial charge in [0.25, 0.3) is 5.91 Å². The monoisotopic (exact) mass is 870 g/mol. The van der Waals surface area contributed by atoms with Gasteiger partial charge >= 0.3 is 12.0 Å². The summed E-state index contributed by atoms with van der Waals surface area (Å²) in [6.45, 7) is 16.0. The Morgan fingerprint density at radius 3 is 2.55 bits per heavy atom. The van der Waals surface area contributed by atoms with Crippen LogP contribution in [-0.2, 0) is 48.0 Å². The molecule has 2 N–H and O–H groups in total. The minimum absolute atomic E-state index is 0.0971. The first-order chi connectivity index (χ1) is 29.5. The Hall–Kier alpha value is -4.90. The van der Waals surface area contributed by atoms with E-state index in [4.69, 9.17) is 24.2 Å². The number of ether oxygens (including phenoxy) is 3. The van der Waals surface area contributed by atoms with E-state index in [2.05, 4.69) is 60.3 Å². The highest BCUT2D eigenvalue weighted by Gasteiger charge is 2.44. The van der Waals surface area contributed by atoms with Gasteiger partial charge in [-0.25, -0.2) is 15.2 Å². The summed E-state index contributed by atoms with van der Waals surface area (Å²) in [4.78, 5) is 69.5. The number of urea groups is 1. The molecule has 0 radical (unpaired) electrons. The molecule has 4 amide bonds. The van der Waals surface area contributed by atoms with Gasteiger partial charge in [-0.3, -0.25) is 24.4 Å². The van der Waals surface area contributed by atoms with Gasteiger partial charge in [-0.2, -0.15) is 0 Å². The van der Waals surface area contributed by atoms with Gasteiger partial charge in [-0.15, -0.1) is 11.3 Å². The van der Waals surface area contributed by atoms with E-state index in [1.54, 1.807) is 32.3 Å². The maximum Gasteiger partial charge on any atom is 0.324 e. The normalized spacial score (nSPS) is 21.1. The van der Waals surface area contributed by atoms with Crippen LogP contribution < -0.4 is 10.7 Å². The molecular weight excluding hydrogens is 809 g/mol. The first-order valence-corrected chi connectivity index (χ1v) is 22.6. The molecule has 0 aliphatic carbocycles. The summed E-state index contributed by atoms with van der Waals surface area (Å²) in [5, 5.41) is 8.15. The molecule has 4 aromatic rings. The number of aryl methyl sites for hydroxylation is 1. The average Bonchev–Trinajstić information content (AvgIpc) is 3.84. The number of pyridine rings is 1. The van der Waals surface area contributed by atoms with Gasteiger partial charge in [0.2, 0.25) is 5.91 Å². The number of cyclic esters (lactones) is 1. The number of hydrazine groups is 1. The molecule has 16 heteroatoms. The molecule has 2 saturated heterocycles. The van der Waals surface area contributed by atoms with Crippen LogP contribution in [0.2, 0.25) is 0 Å². The Balaban J connectivity index is 1.29. The molecule has 0 saturated carbocycles. The lowest BCUT2D eigenvalue weighted by Gasteiger charge is -2.47. The van der Waals surface area contributed by atoms with Crippen molar-refractivity contribution in [2.24, 2.45) is 11.3 Å². The number of carbonyl (C=O) groups is 4. The molecule has 4 atom stereocenters. The van der Waals surface area contributed by atoms with Crippen molar-refractivity contribution in [3.63, 3.8) is 0 Å². The first-order valence-electron chi connectivity index (χ1n) is 21.7. The number of nitrogens with zero attached hydrogens (tertiary/aromatic N) is 6. The fourth-order valence-electron chi connectivity index (χ4n) is 8.92. The van der Waals surface area contributed by atoms with Crippen molar-refractivity contribution in [3.05, 3.63) is 58.2 Å². The number of carbonyl (C=O) groups excluding carboxylic acids is 4. The molecule has 6 bridgehead atoms. The number of aromatic nitrogens is 3. The van der Waals surface area contributed by atoms with Crippen LogP contribution in [0.25, 0.3) is 33.4 Å². The summed E-state index contributed by atoms with van der Waals surface area (Å²) in [6.07, 6.45) is 3.26. The molecule has 62 heavy (non-hydrogen) atoms. The van der Waals surface area contributed by atoms with E-state index < -0.39 is 46.9 Å². The Bertz CT molecular complexity index is 2320. The number of benzene rings is 1. The van der Waals surface area contributed by atoms with E-state index in [0.29, 0.717) is 50.6 Å². The second-order valence-corrected chi connectivity index (χ2v) is 19.3. The fraction of sp³-hybridized carbons (Fsp3) is 0.565. The zero-order valence-corrected chi connectivity index (χ0v) is 38.6. The van der Waals surface area contributed by atoms with Crippen LogP contribution in [-0.4, -0.2) is 124 Å². The van der Waals surface area contributed by atoms with E-state index in [0.717, 1.165) is 44.7 Å². The van der Waals surface area contributed by atoms with Crippen molar-refractivity contribution < 1.29 is 33.4 Å². The number of amides is 4. The highest BCUT2D eigenvalue weighted by atomic mass is 32.1. The maximum absolute atomic E-state index is 14.6. The molecule has 7 rings (SSSR count). The van der Waals surface area contributed by atoms with Gasteiger partial charge in [-0.1, -0.05) is 33.8 Å². The molecular formula is C46H62N8O7S. The van der Waals surface area contributed by atoms with Crippen molar-refractivity contribution in [2.45, 2.75) is 110 Å². The van der Waals surface area contributed by atoms with Crippen LogP contribution in [0.1, 0.15) is 83.7 Å². The van der Waals surface area contributed by atoms with Gasteiger partial charge in [0.15, 0.2) is 0 Å². The molecule has 3 aliphatic rings. The van der Waals surface area contributed by atoms with E-state index in [-0.39, 0.29) is 31.1 Å². The number of methoxy groups -OCH3 is 1. The van der Waals surface area contributed by atoms with Crippen LogP contribution in [0.15, 0.2) is 41.9 Å². The number of fused-ring (bicyclic) bond motifs is 6. The van der Waals surface area contributed by atoms with E-state index in [1.807, 2.05) is 39.1 Å². The summed E-state index contributed by atoms with van der Waals surface area (Å²) >= 11 is 1.42. The third-order valence-corrected chi connectivity index (χ3v) is 13.6. The largest absolute Gasteiger partial charge is 0.464 e. The minimum Gasteiger partial charge on any atom is -0.464 e. The molecule has 0 unspecified atom stereocenters. The highest BCUT2D eigenvalue weighted by molar-refractivity contribution is 7.10. The second-order valence-electron chi connectivity index (χ2n) is 18.4. The van der Waals surface area contributed by atoms with E-state index >= 15 is 0 Å². The summed E-state index contributed by atoms with van der Waals surface area (Å²) in [7, 11) is 5.02. The quantitative estimate of drug-likeness (QED) is 0.191. The topological polar surface area (TPSA) is 160 Å². The van der Waals surface area contributed by atoms with Crippen molar-refractivity contribution in [1.82, 2.24) is 40.1 Å². The lowest BCUT2D eigenvalue weighted by molar-refractivity contribution is -0.155. The highest BCUT2D eigenvalue weighted by Crippen LogP contribution is 2.42.